The van der Waals surface area contributed by atoms with Crippen LogP contribution in [0.4, 0.5) is 8.78 Å². The van der Waals surface area contributed by atoms with E-state index < -0.39 is 11.6 Å². The van der Waals surface area contributed by atoms with Gasteiger partial charge in [0.15, 0.2) is 11.6 Å². The van der Waals surface area contributed by atoms with E-state index in [2.05, 4.69) is 12.2 Å². The van der Waals surface area contributed by atoms with E-state index in [-0.39, 0.29) is 6.04 Å². The Morgan fingerprint density at radius 1 is 1.00 bits per heavy atom. The van der Waals surface area contributed by atoms with Crippen molar-refractivity contribution in [3.63, 3.8) is 0 Å². The summed E-state index contributed by atoms with van der Waals surface area (Å²) in [4.78, 5) is 0. The van der Waals surface area contributed by atoms with Crippen LogP contribution < -0.4 is 5.32 Å². The van der Waals surface area contributed by atoms with Crippen molar-refractivity contribution < 1.29 is 8.78 Å². The van der Waals surface area contributed by atoms with Crippen LogP contribution in [0.3, 0.4) is 0 Å². The van der Waals surface area contributed by atoms with Gasteiger partial charge in [-0.25, -0.2) is 8.78 Å². The van der Waals surface area contributed by atoms with Gasteiger partial charge in [-0.2, -0.15) is 0 Å². The largest absolute Gasteiger partial charge is 0.310 e. The normalized spacial score (nSPS) is 12.4. The van der Waals surface area contributed by atoms with Crippen molar-refractivity contribution in [2.24, 2.45) is 0 Å². The molecular formula is C16H16ClF2N. The van der Waals surface area contributed by atoms with Gasteiger partial charge in [0.2, 0.25) is 0 Å². The van der Waals surface area contributed by atoms with Crippen LogP contribution >= 0.6 is 11.6 Å². The monoisotopic (exact) mass is 295 g/mol. The van der Waals surface area contributed by atoms with Crippen molar-refractivity contribution in [3.8, 4) is 0 Å². The van der Waals surface area contributed by atoms with Gasteiger partial charge in [0.25, 0.3) is 0 Å². The van der Waals surface area contributed by atoms with Crippen molar-refractivity contribution in [2.75, 3.05) is 0 Å². The second-order valence-electron chi connectivity index (χ2n) is 4.86. The van der Waals surface area contributed by atoms with Crippen LogP contribution in [0.25, 0.3) is 0 Å². The summed E-state index contributed by atoms with van der Waals surface area (Å²) in [6.45, 7) is 2.56. The Kier molecular flexibility index (Phi) is 5.10. The molecule has 2 aromatic carbocycles. The van der Waals surface area contributed by atoms with Crippen LogP contribution in [-0.4, -0.2) is 6.04 Å². The molecule has 2 aromatic rings. The maximum Gasteiger partial charge on any atom is 0.159 e. The first-order chi connectivity index (χ1) is 9.54. The van der Waals surface area contributed by atoms with Crippen molar-refractivity contribution >= 4 is 11.6 Å². The van der Waals surface area contributed by atoms with E-state index in [1.165, 1.54) is 11.6 Å². The smallest absolute Gasteiger partial charge is 0.159 e. The molecule has 2 rings (SSSR count). The maximum atomic E-state index is 13.1. The molecule has 1 unspecified atom stereocenters. The van der Waals surface area contributed by atoms with Crippen LogP contribution in [0.5, 0.6) is 0 Å². The Bertz CT molecular complexity index is 569. The van der Waals surface area contributed by atoms with Gasteiger partial charge in [0.1, 0.15) is 0 Å². The first kappa shape index (κ1) is 14.9. The quantitative estimate of drug-likeness (QED) is 0.865. The number of benzene rings is 2. The van der Waals surface area contributed by atoms with Crippen LogP contribution in [0, 0.1) is 11.6 Å². The summed E-state index contributed by atoms with van der Waals surface area (Å²) in [7, 11) is 0. The number of hydrogen-bond donors (Lipinski definition) is 1. The minimum Gasteiger partial charge on any atom is -0.310 e. The SMILES string of the molecule is CC(Cc1ccc(Cl)cc1)NCc1ccc(F)c(F)c1. The van der Waals surface area contributed by atoms with Crippen molar-refractivity contribution in [3.05, 3.63) is 70.2 Å². The molecule has 0 saturated heterocycles. The predicted octanol–water partition coefficient (Wildman–Crippen LogP) is 4.34. The molecule has 0 radical (unpaired) electrons. The molecule has 20 heavy (non-hydrogen) atoms. The Balaban J connectivity index is 1.86. The van der Waals surface area contributed by atoms with Gasteiger partial charge in [0, 0.05) is 17.6 Å². The summed E-state index contributed by atoms with van der Waals surface area (Å²) in [5.41, 5.74) is 1.91. The number of nitrogens with one attached hydrogen (secondary N) is 1. The van der Waals surface area contributed by atoms with E-state index in [4.69, 9.17) is 11.6 Å². The average molecular weight is 296 g/mol. The van der Waals surface area contributed by atoms with E-state index in [9.17, 15) is 8.78 Å². The van der Waals surface area contributed by atoms with E-state index in [1.807, 2.05) is 24.3 Å². The van der Waals surface area contributed by atoms with Crippen molar-refractivity contribution in [2.45, 2.75) is 25.9 Å². The summed E-state index contributed by atoms with van der Waals surface area (Å²) in [5, 5.41) is 4.01. The Morgan fingerprint density at radius 2 is 1.65 bits per heavy atom. The third-order valence-electron chi connectivity index (χ3n) is 3.09. The molecule has 0 heterocycles. The second kappa shape index (κ2) is 6.82. The number of halogens is 3. The van der Waals surface area contributed by atoms with E-state index >= 15 is 0 Å². The molecule has 0 spiro atoms. The molecule has 0 saturated carbocycles. The summed E-state index contributed by atoms with van der Waals surface area (Å²) in [6, 6.07) is 11.9. The van der Waals surface area contributed by atoms with Gasteiger partial charge >= 0.3 is 0 Å². The fraction of sp³-hybridized carbons (Fsp3) is 0.250. The topological polar surface area (TPSA) is 12.0 Å². The average Bonchev–Trinajstić information content (AvgIpc) is 2.43. The Labute approximate surface area is 122 Å². The molecule has 0 aliphatic rings. The Morgan fingerprint density at radius 3 is 2.30 bits per heavy atom. The third kappa shape index (κ3) is 4.29. The third-order valence-corrected chi connectivity index (χ3v) is 3.35. The minimum atomic E-state index is -0.817. The highest BCUT2D eigenvalue weighted by Gasteiger charge is 2.06. The molecule has 0 aromatic heterocycles. The highest BCUT2D eigenvalue weighted by molar-refractivity contribution is 6.30. The fourth-order valence-corrected chi connectivity index (χ4v) is 2.11. The minimum absolute atomic E-state index is 0.226. The van der Waals surface area contributed by atoms with Crippen LogP contribution in [0.15, 0.2) is 42.5 Å². The summed E-state index contributed by atoms with van der Waals surface area (Å²) >= 11 is 5.84. The van der Waals surface area contributed by atoms with Gasteiger partial charge in [-0.05, 0) is 48.7 Å². The van der Waals surface area contributed by atoms with Crippen molar-refractivity contribution in [1.29, 1.82) is 0 Å². The molecule has 106 valence electrons. The van der Waals surface area contributed by atoms with Gasteiger partial charge in [-0.1, -0.05) is 29.8 Å². The zero-order valence-electron chi connectivity index (χ0n) is 11.2. The van der Waals surface area contributed by atoms with Gasteiger partial charge in [-0.3, -0.25) is 0 Å². The second-order valence-corrected chi connectivity index (χ2v) is 5.30. The highest BCUT2D eigenvalue weighted by Crippen LogP contribution is 2.12. The number of rotatable bonds is 5. The van der Waals surface area contributed by atoms with E-state index in [1.54, 1.807) is 6.07 Å². The molecule has 0 fully saturated rings. The molecule has 0 amide bonds. The van der Waals surface area contributed by atoms with Crippen molar-refractivity contribution in [1.82, 2.24) is 5.32 Å². The van der Waals surface area contributed by atoms with Crippen LogP contribution in [0.2, 0.25) is 5.02 Å². The first-order valence-corrected chi connectivity index (χ1v) is 6.84. The lowest BCUT2D eigenvalue weighted by atomic mass is 10.1. The standard InChI is InChI=1S/C16H16ClF2N/c1-11(8-12-2-5-14(17)6-3-12)20-10-13-4-7-15(18)16(19)9-13/h2-7,9,11,20H,8,10H2,1H3. The molecule has 0 aliphatic heterocycles. The lowest BCUT2D eigenvalue weighted by Crippen LogP contribution is -2.27. The van der Waals surface area contributed by atoms with E-state index in [0.717, 1.165) is 23.1 Å². The molecule has 1 nitrogen and oxygen atoms in total. The number of hydrogen-bond acceptors (Lipinski definition) is 1. The zero-order chi connectivity index (χ0) is 14.5. The summed E-state index contributed by atoms with van der Waals surface area (Å²) in [6.07, 6.45) is 0.848. The molecular weight excluding hydrogens is 280 g/mol. The lowest BCUT2D eigenvalue weighted by Gasteiger charge is -2.14. The maximum absolute atomic E-state index is 13.1. The highest BCUT2D eigenvalue weighted by atomic mass is 35.5. The van der Waals surface area contributed by atoms with Gasteiger partial charge < -0.3 is 5.32 Å². The van der Waals surface area contributed by atoms with Crippen LogP contribution in [0.1, 0.15) is 18.1 Å². The fourth-order valence-electron chi connectivity index (χ4n) is 1.99. The van der Waals surface area contributed by atoms with Gasteiger partial charge in [0.05, 0.1) is 0 Å². The predicted molar refractivity (Wildman–Crippen MR) is 77.8 cm³/mol. The Hall–Kier alpha value is -1.45. The summed E-state index contributed by atoms with van der Waals surface area (Å²) < 4.78 is 25.9. The molecule has 4 heteroatoms. The molecule has 1 N–H and O–H groups in total. The molecule has 0 aliphatic carbocycles. The van der Waals surface area contributed by atoms with Crippen LogP contribution in [-0.2, 0) is 13.0 Å². The van der Waals surface area contributed by atoms with E-state index in [0.29, 0.717) is 6.54 Å². The zero-order valence-corrected chi connectivity index (χ0v) is 11.9. The van der Waals surface area contributed by atoms with Gasteiger partial charge in [-0.15, -0.1) is 0 Å². The first-order valence-electron chi connectivity index (χ1n) is 6.46. The lowest BCUT2D eigenvalue weighted by molar-refractivity contribution is 0.502. The molecule has 1 atom stereocenters. The summed E-state index contributed by atoms with van der Waals surface area (Å²) in [5.74, 6) is -1.63. The molecule has 0 bridgehead atoms.